The molecule has 1 aromatic heterocycles. The van der Waals surface area contributed by atoms with E-state index in [-0.39, 0.29) is 23.2 Å². The minimum atomic E-state index is -3.69. The molecule has 0 bridgehead atoms. The standard InChI is InChI=1S/C29H32FN5O3S2/c1-2-35(21-22-6-4-3-5-7-22)40(37,38)25-11-8-23(9-12-25)28(36)31-14-15-33-16-18-34(19-17-33)29-32-26-13-10-24(30)20-27(26)39-29/h3-13,20H,2,14-19,21H2,1H3,(H,31,36). The molecule has 2 heterocycles. The van der Waals surface area contributed by atoms with Gasteiger partial charge in [-0.25, -0.2) is 17.8 Å². The summed E-state index contributed by atoms with van der Waals surface area (Å²) in [7, 11) is -3.69. The third-order valence-electron chi connectivity index (χ3n) is 7.00. The number of hydrogen-bond acceptors (Lipinski definition) is 7. The highest BCUT2D eigenvalue weighted by atomic mass is 32.2. The molecule has 1 aliphatic rings. The van der Waals surface area contributed by atoms with E-state index in [1.165, 1.54) is 39.9 Å². The third-order valence-corrected chi connectivity index (χ3v) is 10.0. The fourth-order valence-corrected chi connectivity index (χ4v) is 7.17. The second-order valence-electron chi connectivity index (χ2n) is 9.63. The largest absolute Gasteiger partial charge is 0.351 e. The van der Waals surface area contributed by atoms with Crippen molar-refractivity contribution in [1.82, 2.24) is 19.5 Å². The Bertz CT molecular complexity index is 1550. The van der Waals surface area contributed by atoms with Crippen LogP contribution in [-0.4, -0.2) is 74.3 Å². The fraction of sp³-hybridized carbons (Fsp3) is 0.310. The summed E-state index contributed by atoms with van der Waals surface area (Å²) in [6.07, 6.45) is 0. The Hall–Kier alpha value is -3.38. The average molecular weight is 582 g/mol. The van der Waals surface area contributed by atoms with Crippen LogP contribution in [0.25, 0.3) is 10.2 Å². The number of halogens is 1. The zero-order chi connectivity index (χ0) is 28.1. The van der Waals surface area contributed by atoms with Crippen molar-refractivity contribution in [1.29, 1.82) is 0 Å². The van der Waals surface area contributed by atoms with Gasteiger partial charge in [0.1, 0.15) is 5.82 Å². The van der Waals surface area contributed by atoms with Gasteiger partial charge in [0, 0.05) is 57.9 Å². The summed E-state index contributed by atoms with van der Waals surface area (Å²) in [4.78, 5) is 22.0. The number of sulfonamides is 1. The van der Waals surface area contributed by atoms with Crippen molar-refractivity contribution < 1.29 is 17.6 Å². The van der Waals surface area contributed by atoms with E-state index in [0.29, 0.717) is 25.2 Å². The molecule has 11 heteroatoms. The second kappa shape index (κ2) is 12.4. The lowest BCUT2D eigenvalue weighted by Gasteiger charge is -2.34. The first kappa shape index (κ1) is 28.2. The minimum Gasteiger partial charge on any atom is -0.351 e. The number of carbonyl (C=O) groups excluding carboxylic acids is 1. The van der Waals surface area contributed by atoms with E-state index in [4.69, 9.17) is 0 Å². The summed E-state index contributed by atoms with van der Waals surface area (Å²) in [5.41, 5.74) is 2.15. The predicted octanol–water partition coefficient (Wildman–Crippen LogP) is 4.20. The van der Waals surface area contributed by atoms with Gasteiger partial charge in [-0.1, -0.05) is 48.6 Å². The molecule has 0 radical (unpaired) electrons. The van der Waals surface area contributed by atoms with E-state index in [0.717, 1.165) is 47.1 Å². The Morgan fingerprint density at radius 1 is 1.02 bits per heavy atom. The lowest BCUT2D eigenvalue weighted by atomic mass is 10.2. The van der Waals surface area contributed by atoms with Crippen LogP contribution >= 0.6 is 11.3 Å². The van der Waals surface area contributed by atoms with Crippen molar-refractivity contribution in [2.45, 2.75) is 18.4 Å². The molecule has 8 nitrogen and oxygen atoms in total. The van der Waals surface area contributed by atoms with Crippen molar-refractivity contribution in [2.75, 3.05) is 50.7 Å². The summed E-state index contributed by atoms with van der Waals surface area (Å²) in [6.45, 7) is 6.93. The summed E-state index contributed by atoms with van der Waals surface area (Å²) in [5, 5.41) is 3.84. The molecular formula is C29H32FN5O3S2. The highest BCUT2D eigenvalue weighted by Crippen LogP contribution is 2.29. The van der Waals surface area contributed by atoms with E-state index in [1.54, 1.807) is 18.2 Å². The predicted molar refractivity (Wildman–Crippen MR) is 157 cm³/mol. The monoisotopic (exact) mass is 581 g/mol. The van der Waals surface area contributed by atoms with Crippen molar-refractivity contribution >= 4 is 42.6 Å². The number of nitrogens with zero attached hydrogens (tertiary/aromatic N) is 4. The first-order valence-electron chi connectivity index (χ1n) is 13.3. The van der Waals surface area contributed by atoms with E-state index in [2.05, 4.69) is 20.1 Å². The summed E-state index contributed by atoms with van der Waals surface area (Å²) in [5.74, 6) is -0.488. The van der Waals surface area contributed by atoms with Gasteiger partial charge in [-0.05, 0) is 48.0 Å². The highest BCUT2D eigenvalue weighted by molar-refractivity contribution is 7.89. The molecule has 210 valence electrons. The molecule has 1 saturated heterocycles. The number of carbonyl (C=O) groups is 1. The summed E-state index contributed by atoms with van der Waals surface area (Å²) in [6, 6.07) is 20.2. The van der Waals surface area contributed by atoms with Gasteiger partial charge >= 0.3 is 0 Å². The molecule has 0 atom stereocenters. The maximum atomic E-state index is 13.5. The molecular weight excluding hydrogens is 549 g/mol. The zero-order valence-corrected chi connectivity index (χ0v) is 23.9. The highest BCUT2D eigenvalue weighted by Gasteiger charge is 2.24. The number of thiazole rings is 1. The molecule has 5 rings (SSSR count). The maximum absolute atomic E-state index is 13.5. The third kappa shape index (κ3) is 6.49. The molecule has 1 N–H and O–H groups in total. The van der Waals surface area contributed by atoms with Gasteiger partial charge in [0.2, 0.25) is 10.0 Å². The van der Waals surface area contributed by atoms with Crippen molar-refractivity contribution in [3.63, 3.8) is 0 Å². The second-order valence-corrected chi connectivity index (χ2v) is 12.6. The van der Waals surface area contributed by atoms with E-state index in [9.17, 15) is 17.6 Å². The Morgan fingerprint density at radius 2 is 1.75 bits per heavy atom. The van der Waals surface area contributed by atoms with Gasteiger partial charge < -0.3 is 10.2 Å². The number of fused-ring (bicyclic) bond motifs is 1. The first-order chi connectivity index (χ1) is 19.3. The van der Waals surface area contributed by atoms with Crippen LogP contribution in [0.15, 0.2) is 77.7 Å². The number of hydrogen-bond donors (Lipinski definition) is 1. The number of rotatable bonds is 10. The van der Waals surface area contributed by atoms with Gasteiger partial charge in [-0.15, -0.1) is 0 Å². The first-order valence-corrected chi connectivity index (χ1v) is 15.5. The van der Waals surface area contributed by atoms with E-state index >= 15 is 0 Å². The fourth-order valence-electron chi connectivity index (χ4n) is 4.70. The molecule has 40 heavy (non-hydrogen) atoms. The van der Waals surface area contributed by atoms with Crippen LogP contribution in [0.3, 0.4) is 0 Å². The van der Waals surface area contributed by atoms with E-state index in [1.807, 2.05) is 37.3 Å². The number of piperazine rings is 1. The number of benzene rings is 3. The van der Waals surface area contributed by atoms with Gasteiger partial charge in [0.15, 0.2) is 5.13 Å². The number of anilines is 1. The smallest absolute Gasteiger partial charge is 0.251 e. The molecule has 0 spiro atoms. The SMILES string of the molecule is CCN(Cc1ccccc1)S(=O)(=O)c1ccc(C(=O)NCCN2CCN(c3nc4ccc(F)cc4s3)CC2)cc1. The quantitative estimate of drug-likeness (QED) is 0.302. The molecule has 0 saturated carbocycles. The van der Waals surface area contributed by atoms with Gasteiger partial charge in [-0.3, -0.25) is 9.69 Å². The topological polar surface area (TPSA) is 85.8 Å². The van der Waals surface area contributed by atoms with Crippen LogP contribution < -0.4 is 10.2 Å². The molecule has 0 aliphatic carbocycles. The van der Waals surface area contributed by atoms with Crippen molar-refractivity contribution in [3.05, 3.63) is 89.7 Å². The van der Waals surface area contributed by atoms with Crippen LogP contribution in [0.1, 0.15) is 22.8 Å². The molecule has 1 amide bonds. The Morgan fingerprint density at radius 3 is 2.45 bits per heavy atom. The van der Waals surface area contributed by atoms with Gasteiger partial charge in [-0.2, -0.15) is 4.31 Å². The van der Waals surface area contributed by atoms with Crippen LogP contribution in [0.5, 0.6) is 0 Å². The Balaban J connectivity index is 1.09. The summed E-state index contributed by atoms with van der Waals surface area (Å²) < 4.78 is 42.1. The molecule has 4 aromatic rings. The van der Waals surface area contributed by atoms with Crippen molar-refractivity contribution in [3.8, 4) is 0 Å². The van der Waals surface area contributed by atoms with Crippen LogP contribution in [0.4, 0.5) is 9.52 Å². The number of amides is 1. The van der Waals surface area contributed by atoms with Crippen LogP contribution in [0, 0.1) is 5.82 Å². The average Bonchev–Trinajstić information content (AvgIpc) is 3.40. The van der Waals surface area contributed by atoms with Crippen molar-refractivity contribution in [2.24, 2.45) is 0 Å². The van der Waals surface area contributed by atoms with Crippen LogP contribution in [-0.2, 0) is 16.6 Å². The van der Waals surface area contributed by atoms with E-state index < -0.39 is 10.0 Å². The Labute approximate surface area is 238 Å². The zero-order valence-electron chi connectivity index (χ0n) is 22.3. The summed E-state index contributed by atoms with van der Waals surface area (Å²) >= 11 is 1.50. The van der Waals surface area contributed by atoms with Gasteiger partial charge in [0.25, 0.3) is 5.91 Å². The van der Waals surface area contributed by atoms with Gasteiger partial charge in [0.05, 0.1) is 15.1 Å². The normalized spacial score (nSPS) is 14.6. The molecule has 0 unspecified atom stereocenters. The Kier molecular flexibility index (Phi) is 8.75. The lowest BCUT2D eigenvalue weighted by Crippen LogP contribution is -2.48. The molecule has 1 fully saturated rings. The number of aromatic nitrogens is 1. The minimum absolute atomic E-state index is 0.165. The van der Waals surface area contributed by atoms with Crippen LogP contribution in [0.2, 0.25) is 0 Å². The molecule has 3 aromatic carbocycles. The maximum Gasteiger partial charge on any atom is 0.251 e. The lowest BCUT2D eigenvalue weighted by molar-refractivity contribution is 0.0947. The number of nitrogens with one attached hydrogen (secondary N) is 1. The molecule has 1 aliphatic heterocycles.